The summed E-state index contributed by atoms with van der Waals surface area (Å²) in [4.78, 5) is 41.6. The highest BCUT2D eigenvalue weighted by atomic mass is 19.4. The Morgan fingerprint density at radius 3 is 1.21 bits per heavy atom. The number of alkyl halides is 6. The highest BCUT2D eigenvalue weighted by molar-refractivity contribution is 6.35. The Hall–Kier alpha value is -6.72. The van der Waals surface area contributed by atoms with Crippen molar-refractivity contribution >= 4 is 45.5 Å². The summed E-state index contributed by atoms with van der Waals surface area (Å²) in [5.41, 5.74) is -3.44. The fraction of sp³-hybridized carbons (Fsp3) is 0.250. The molecule has 0 unspecified atom stereocenters. The molecule has 6 N–H and O–H groups in total. The molecular weight excluding hydrogens is 774 g/mol. The lowest BCUT2D eigenvalue weighted by atomic mass is 9.75. The van der Waals surface area contributed by atoms with E-state index in [4.69, 9.17) is 0 Å². The quantitative estimate of drug-likeness (QED) is 0.0769. The van der Waals surface area contributed by atoms with Crippen molar-refractivity contribution in [2.75, 3.05) is 10.6 Å². The van der Waals surface area contributed by atoms with Crippen LogP contribution in [0.5, 0.6) is 11.5 Å². The second kappa shape index (κ2) is 14.7. The molecule has 0 fully saturated rings. The summed E-state index contributed by atoms with van der Waals surface area (Å²) in [5, 5.41) is 51.4. The molecule has 6 rings (SSSR count). The zero-order chi connectivity index (χ0) is 42.8. The number of aromatic hydroxyl groups is 2. The third kappa shape index (κ3) is 6.87. The number of aryl methyl sites for hydroxylation is 2. The Morgan fingerprint density at radius 2 is 0.897 bits per heavy atom. The van der Waals surface area contributed by atoms with Crippen LogP contribution in [-0.2, 0) is 21.9 Å². The average molecular weight is 809 g/mol. The number of hydrogen-bond acceptors (Lipinski definition) is 12. The van der Waals surface area contributed by atoms with E-state index in [-0.39, 0.29) is 55.7 Å². The van der Waals surface area contributed by atoms with Crippen LogP contribution in [0, 0.1) is 25.7 Å². The van der Waals surface area contributed by atoms with E-state index in [0.717, 1.165) is 37.2 Å². The fourth-order valence-electron chi connectivity index (χ4n) is 7.21. The van der Waals surface area contributed by atoms with Crippen molar-refractivity contribution < 1.29 is 56.4 Å². The van der Waals surface area contributed by atoms with Gasteiger partial charge in [-0.25, -0.2) is 19.9 Å². The van der Waals surface area contributed by atoms with Crippen LogP contribution < -0.4 is 10.6 Å². The number of aliphatic hydroxyl groups excluding tert-OH is 2. The second-order valence-electron chi connectivity index (χ2n) is 14.1. The number of aromatic nitrogens is 4. The molecule has 18 heteroatoms. The van der Waals surface area contributed by atoms with Crippen LogP contribution in [0.15, 0.2) is 60.8 Å². The van der Waals surface area contributed by atoms with E-state index >= 15 is 0 Å². The van der Waals surface area contributed by atoms with Crippen molar-refractivity contribution in [2.24, 2.45) is 11.8 Å². The minimum atomic E-state index is -4.95. The monoisotopic (exact) mass is 808 g/mol. The standard InChI is InChI=1S/C40H34F6N6O6/c1-15(2)23-19-11-17(5)25(31(55)27(19)21(29(53)33(23)57)13-51-37-35(39(41,42)43)47-7-9-49-37)26-18(6)12-20-24(16(3)4)34(58)30(54)22(28(20)32(26)56)14-52-38-36(40(44,45)46)48-8-10-50-38/h7-16,55-58H,1-6H3,(H,49,51)(H,50,52)/b21-13-,22-14-. The molecule has 0 bridgehead atoms. The first-order valence-electron chi connectivity index (χ1n) is 17.5. The summed E-state index contributed by atoms with van der Waals surface area (Å²) in [6.45, 7) is 9.73. The van der Waals surface area contributed by atoms with Crippen molar-refractivity contribution in [3.63, 3.8) is 0 Å². The minimum Gasteiger partial charge on any atom is -0.507 e. The third-order valence-corrected chi connectivity index (χ3v) is 9.59. The van der Waals surface area contributed by atoms with Crippen molar-refractivity contribution in [1.29, 1.82) is 0 Å². The normalized spacial score (nSPS) is 16.2. The SMILES string of the molecule is Cc1cc2c(c(O)c1-c1c(C)cc3c(c1O)/C(=C/Nc1nccnc1C(F)(F)F)C(=O)C(O)=C3C(C)C)/C(=C/Nc1nccnc1C(F)(F)F)C(=O)C(O)=C2C(C)C. The fourth-order valence-corrected chi connectivity index (χ4v) is 7.21. The third-order valence-electron chi connectivity index (χ3n) is 9.59. The first-order valence-corrected chi connectivity index (χ1v) is 17.5. The predicted octanol–water partition coefficient (Wildman–Crippen LogP) is 8.92. The maximum atomic E-state index is 13.8. The summed E-state index contributed by atoms with van der Waals surface area (Å²) in [7, 11) is 0. The number of Topliss-reactive ketones (excluding diaryl/α,β-unsaturated/α-hetero) is 2. The van der Waals surface area contributed by atoms with E-state index in [1.54, 1.807) is 27.7 Å². The summed E-state index contributed by atoms with van der Waals surface area (Å²) >= 11 is 0. The van der Waals surface area contributed by atoms with Crippen LogP contribution in [0.3, 0.4) is 0 Å². The van der Waals surface area contributed by atoms with Gasteiger partial charge in [0.1, 0.15) is 11.5 Å². The Bertz CT molecular complexity index is 2380. The highest BCUT2D eigenvalue weighted by Gasteiger charge is 2.41. The summed E-state index contributed by atoms with van der Waals surface area (Å²) in [5.74, 6) is -7.52. The van der Waals surface area contributed by atoms with Crippen molar-refractivity contribution in [3.05, 3.63) is 106 Å². The van der Waals surface area contributed by atoms with E-state index in [0.29, 0.717) is 0 Å². The van der Waals surface area contributed by atoms with Gasteiger partial charge in [0.15, 0.2) is 34.5 Å². The van der Waals surface area contributed by atoms with Crippen LogP contribution in [0.2, 0.25) is 0 Å². The number of carbonyl (C=O) groups is 2. The van der Waals surface area contributed by atoms with E-state index in [9.17, 15) is 56.4 Å². The molecule has 0 saturated carbocycles. The first kappa shape index (κ1) is 40.9. The molecule has 2 aromatic heterocycles. The maximum absolute atomic E-state index is 13.8. The Morgan fingerprint density at radius 1 is 0.569 bits per heavy atom. The van der Waals surface area contributed by atoms with Gasteiger partial charge in [-0.2, -0.15) is 26.3 Å². The topological polar surface area (TPSA) is 191 Å². The first-order chi connectivity index (χ1) is 27.1. The number of hydrogen-bond donors (Lipinski definition) is 6. The number of allylic oxidation sites excluding steroid dienone is 4. The number of rotatable bonds is 7. The van der Waals surface area contributed by atoms with Gasteiger partial charge < -0.3 is 31.1 Å². The van der Waals surface area contributed by atoms with E-state index in [2.05, 4.69) is 30.6 Å². The zero-order valence-electron chi connectivity index (χ0n) is 31.4. The van der Waals surface area contributed by atoms with Crippen LogP contribution in [0.1, 0.15) is 72.5 Å². The van der Waals surface area contributed by atoms with Gasteiger partial charge in [0.2, 0.25) is 11.6 Å². The molecule has 0 radical (unpaired) electrons. The predicted molar refractivity (Wildman–Crippen MR) is 201 cm³/mol. The van der Waals surface area contributed by atoms with Gasteiger partial charge in [0.25, 0.3) is 0 Å². The molecule has 0 aliphatic heterocycles. The van der Waals surface area contributed by atoms with Gasteiger partial charge in [0.05, 0.1) is 11.1 Å². The summed E-state index contributed by atoms with van der Waals surface area (Å²) < 4.78 is 82.7. The minimum absolute atomic E-state index is 0.104. The van der Waals surface area contributed by atoms with Crippen LogP contribution in [-0.4, -0.2) is 51.9 Å². The molecule has 0 amide bonds. The largest absolute Gasteiger partial charge is 0.507 e. The summed E-state index contributed by atoms with van der Waals surface area (Å²) in [6, 6.07) is 3.00. The number of aliphatic hydroxyl groups is 2. The van der Waals surface area contributed by atoms with Gasteiger partial charge in [-0.3, -0.25) is 9.59 Å². The molecule has 2 aliphatic carbocycles. The van der Waals surface area contributed by atoms with Gasteiger partial charge in [0, 0.05) is 70.6 Å². The van der Waals surface area contributed by atoms with Gasteiger partial charge in [-0.1, -0.05) is 39.8 Å². The molecule has 0 saturated heterocycles. The molecular formula is C40H34F6N6O6. The zero-order valence-corrected chi connectivity index (χ0v) is 31.4. The number of nitrogens with one attached hydrogen (secondary N) is 2. The molecule has 0 atom stereocenters. The lowest BCUT2D eigenvalue weighted by molar-refractivity contribution is -0.141. The van der Waals surface area contributed by atoms with Gasteiger partial charge in [-0.15, -0.1) is 0 Å². The maximum Gasteiger partial charge on any atom is 0.437 e. The number of phenolic OH excluding ortho intramolecular Hbond substituents is 2. The molecule has 2 aromatic carbocycles. The van der Waals surface area contributed by atoms with Crippen LogP contribution in [0.25, 0.3) is 33.4 Å². The Balaban J connectivity index is 1.63. The lowest BCUT2D eigenvalue weighted by Crippen LogP contribution is -2.20. The smallest absolute Gasteiger partial charge is 0.437 e. The van der Waals surface area contributed by atoms with Crippen molar-refractivity contribution in [2.45, 2.75) is 53.9 Å². The number of phenols is 2. The average Bonchev–Trinajstić information content (AvgIpc) is 3.13. The molecule has 2 aliphatic rings. The Kier molecular flexibility index (Phi) is 10.3. The molecule has 12 nitrogen and oxygen atoms in total. The van der Waals surface area contributed by atoms with Crippen LogP contribution >= 0.6 is 0 Å². The number of ketones is 2. The van der Waals surface area contributed by atoms with Gasteiger partial charge in [-0.05, 0) is 47.9 Å². The van der Waals surface area contributed by atoms with Crippen LogP contribution in [0.4, 0.5) is 38.0 Å². The van der Waals surface area contributed by atoms with Crippen molar-refractivity contribution in [3.8, 4) is 22.6 Å². The Labute approximate surface area is 326 Å². The molecule has 2 heterocycles. The van der Waals surface area contributed by atoms with Gasteiger partial charge >= 0.3 is 12.4 Å². The number of fused-ring (bicyclic) bond motifs is 2. The number of anilines is 2. The lowest BCUT2D eigenvalue weighted by Gasteiger charge is -2.29. The van der Waals surface area contributed by atoms with E-state index < -0.39 is 92.9 Å². The molecule has 4 aromatic rings. The highest BCUT2D eigenvalue weighted by Crippen LogP contribution is 2.54. The number of benzene rings is 2. The second-order valence-corrected chi connectivity index (χ2v) is 14.1. The molecule has 58 heavy (non-hydrogen) atoms. The van der Waals surface area contributed by atoms with E-state index in [1.165, 1.54) is 26.0 Å². The number of nitrogens with zero attached hydrogens (tertiary/aromatic N) is 4. The molecule has 302 valence electrons. The molecule has 0 spiro atoms. The van der Waals surface area contributed by atoms with E-state index in [1.807, 2.05) is 0 Å². The van der Waals surface area contributed by atoms with Crippen molar-refractivity contribution in [1.82, 2.24) is 19.9 Å². The number of carbonyl (C=O) groups excluding carboxylic acids is 2. The summed E-state index contributed by atoms with van der Waals surface area (Å²) in [6.07, 6.45) is -4.64. The number of halogens is 6.